The molecule has 0 aromatic carbocycles. The van der Waals surface area contributed by atoms with E-state index in [0.717, 1.165) is 0 Å². The van der Waals surface area contributed by atoms with Crippen LogP contribution < -0.4 is 4.39 Å². The van der Waals surface area contributed by atoms with Crippen LogP contribution in [0.5, 0.6) is 0 Å². The van der Waals surface area contributed by atoms with Crippen molar-refractivity contribution in [1.29, 1.82) is 0 Å². The summed E-state index contributed by atoms with van der Waals surface area (Å²) in [6.07, 6.45) is 2.39. The fourth-order valence-electron chi connectivity index (χ4n) is 1.55. The highest BCUT2D eigenvalue weighted by Crippen LogP contribution is 2.34. The van der Waals surface area contributed by atoms with Gasteiger partial charge in [0.25, 0.3) is 0 Å². The molecule has 6 heteroatoms. The molecule has 4 nitrogen and oxygen atoms in total. The van der Waals surface area contributed by atoms with Crippen molar-refractivity contribution in [3.63, 3.8) is 0 Å². The maximum Gasteiger partial charge on any atom is 0.206 e. The smallest absolute Gasteiger partial charge is 0.206 e. The Morgan fingerprint density at radius 3 is 2.26 bits per heavy atom. The minimum Gasteiger partial charge on any atom is -0.384 e. The topological polar surface area (TPSA) is 55.4 Å². The van der Waals surface area contributed by atoms with E-state index in [-0.39, 0.29) is 16.7 Å². The molecule has 0 aromatic rings. The third-order valence-corrected chi connectivity index (χ3v) is 11.6. The average molecular weight is 308 g/mol. The van der Waals surface area contributed by atoms with Gasteiger partial charge >= 0.3 is 0 Å². The number of ether oxygens (including phenoxy) is 1. The van der Waals surface area contributed by atoms with Gasteiger partial charge in [0.2, 0.25) is 10.0 Å². The second-order valence-electron chi connectivity index (χ2n) is 6.60. The fourth-order valence-corrected chi connectivity index (χ4v) is 7.07. The normalized spacial score (nSPS) is 15.3. The molecule has 0 saturated carbocycles. The molecular formula is C13H29NO3SSi. The first-order valence-corrected chi connectivity index (χ1v) is 11.2. The van der Waals surface area contributed by atoms with Gasteiger partial charge in [-0.1, -0.05) is 39.9 Å². The maximum atomic E-state index is 12.3. The Labute approximate surface area is 119 Å². The van der Waals surface area contributed by atoms with Gasteiger partial charge in [-0.2, -0.15) is 0 Å². The molecular weight excluding hydrogens is 278 g/mol. The first kappa shape index (κ1) is 18.8. The zero-order chi connectivity index (χ0) is 15.3. The van der Waals surface area contributed by atoms with Crippen LogP contribution in [-0.4, -0.2) is 36.1 Å². The zero-order valence-electron chi connectivity index (χ0n) is 13.1. The first-order valence-electron chi connectivity index (χ1n) is 6.56. The van der Waals surface area contributed by atoms with E-state index in [1.54, 1.807) is 13.2 Å². The molecule has 0 radical (unpaired) electrons. The molecule has 0 bridgehead atoms. The van der Waals surface area contributed by atoms with Crippen LogP contribution in [0, 0.1) is 5.92 Å². The van der Waals surface area contributed by atoms with Crippen LogP contribution in [0.25, 0.3) is 0 Å². The van der Waals surface area contributed by atoms with Crippen LogP contribution in [0.1, 0.15) is 27.2 Å². The van der Waals surface area contributed by atoms with Crippen molar-refractivity contribution >= 4 is 18.3 Å². The summed E-state index contributed by atoms with van der Waals surface area (Å²) in [7, 11) is -3.75. The molecule has 0 amide bonds. The maximum absolute atomic E-state index is 12.3. The molecule has 0 spiro atoms. The number of sulfonamides is 1. The molecule has 0 aliphatic heterocycles. The van der Waals surface area contributed by atoms with Crippen LogP contribution in [0.3, 0.4) is 0 Å². The highest BCUT2D eigenvalue weighted by atomic mass is 32.2. The van der Waals surface area contributed by atoms with Gasteiger partial charge in [-0.05, 0) is 11.5 Å². The molecule has 0 fully saturated rings. The number of nitrogens with one attached hydrogen (secondary N) is 1. The van der Waals surface area contributed by atoms with E-state index in [2.05, 4.69) is 31.7 Å². The Balaban J connectivity index is 4.84. The summed E-state index contributed by atoms with van der Waals surface area (Å²) >= 11 is 0. The number of hydrogen-bond donors (Lipinski definition) is 1. The van der Waals surface area contributed by atoms with Crippen LogP contribution in [0.2, 0.25) is 18.1 Å². The lowest BCUT2D eigenvalue weighted by atomic mass is 10.1. The van der Waals surface area contributed by atoms with Crippen molar-refractivity contribution in [2.24, 2.45) is 5.92 Å². The number of hydrogen-bond acceptors (Lipinski definition) is 3. The van der Waals surface area contributed by atoms with Crippen molar-refractivity contribution in [2.45, 2.75) is 45.3 Å². The minimum atomic E-state index is -3.28. The molecule has 0 saturated heterocycles. The Kier molecular flexibility index (Phi) is 6.95. The quantitative estimate of drug-likeness (QED) is 0.554. The third-order valence-electron chi connectivity index (χ3n) is 3.64. The minimum absolute atomic E-state index is 0.0186. The van der Waals surface area contributed by atoms with Crippen molar-refractivity contribution < 1.29 is 13.2 Å². The van der Waals surface area contributed by atoms with Gasteiger partial charge in [0.1, 0.15) is 8.24 Å². The van der Waals surface area contributed by atoms with E-state index in [1.165, 1.54) is 0 Å². The molecule has 0 aliphatic rings. The standard InChI is InChI=1S/C13H29NO3SSi/c1-8-9-12(10-17-5)11-18(15,16)14-19(6,7)13(2,3)4/h8,12,14H,1,9-11H2,2-7H3/t12-/m1/s1. The summed E-state index contributed by atoms with van der Waals surface area (Å²) in [5.41, 5.74) is 0. The lowest BCUT2D eigenvalue weighted by Gasteiger charge is -2.37. The number of allylic oxidation sites excluding steroid dienone is 1. The van der Waals surface area contributed by atoms with Crippen LogP contribution >= 0.6 is 0 Å². The second-order valence-corrected chi connectivity index (χ2v) is 13.7. The van der Waals surface area contributed by atoms with Gasteiger partial charge in [0.15, 0.2) is 0 Å². The van der Waals surface area contributed by atoms with Crippen molar-refractivity contribution in [2.75, 3.05) is 19.5 Å². The van der Waals surface area contributed by atoms with E-state index in [0.29, 0.717) is 13.0 Å². The average Bonchev–Trinajstić information content (AvgIpc) is 2.13. The van der Waals surface area contributed by atoms with E-state index < -0.39 is 18.3 Å². The summed E-state index contributed by atoms with van der Waals surface area (Å²) in [6.45, 7) is 14.4. The number of rotatable bonds is 8. The highest BCUT2D eigenvalue weighted by molar-refractivity contribution is 7.90. The second kappa shape index (κ2) is 7.01. The Morgan fingerprint density at radius 1 is 1.37 bits per heavy atom. The highest BCUT2D eigenvalue weighted by Gasteiger charge is 2.39. The molecule has 0 aromatic heterocycles. The predicted molar refractivity (Wildman–Crippen MR) is 84.3 cm³/mol. The molecule has 114 valence electrons. The van der Waals surface area contributed by atoms with Crippen molar-refractivity contribution in [3.8, 4) is 0 Å². The lowest BCUT2D eigenvalue weighted by Crippen LogP contribution is -2.55. The summed E-state index contributed by atoms with van der Waals surface area (Å²) < 4.78 is 32.6. The summed E-state index contributed by atoms with van der Waals surface area (Å²) in [5, 5.41) is -0.0186. The molecule has 1 N–H and O–H groups in total. The van der Waals surface area contributed by atoms with E-state index in [1.807, 2.05) is 13.1 Å². The molecule has 0 rings (SSSR count). The van der Waals surface area contributed by atoms with Crippen LogP contribution in [0.15, 0.2) is 12.7 Å². The molecule has 1 atom stereocenters. The van der Waals surface area contributed by atoms with Crippen LogP contribution in [0.4, 0.5) is 0 Å². The molecule has 0 aliphatic carbocycles. The van der Waals surface area contributed by atoms with E-state index in [9.17, 15) is 8.42 Å². The molecule has 0 unspecified atom stereocenters. The van der Waals surface area contributed by atoms with Crippen molar-refractivity contribution in [1.82, 2.24) is 4.39 Å². The predicted octanol–water partition coefficient (Wildman–Crippen LogP) is 2.75. The monoisotopic (exact) mass is 307 g/mol. The lowest BCUT2D eigenvalue weighted by molar-refractivity contribution is 0.161. The van der Waals surface area contributed by atoms with Gasteiger partial charge < -0.3 is 4.74 Å². The number of methoxy groups -OCH3 is 1. The Bertz CT molecular complexity index is 385. The van der Waals surface area contributed by atoms with Gasteiger partial charge in [-0.3, -0.25) is 0 Å². The first-order chi connectivity index (χ1) is 8.45. The van der Waals surface area contributed by atoms with E-state index in [4.69, 9.17) is 4.74 Å². The molecule has 19 heavy (non-hydrogen) atoms. The Morgan fingerprint density at radius 2 is 1.89 bits per heavy atom. The largest absolute Gasteiger partial charge is 0.384 e. The van der Waals surface area contributed by atoms with Crippen LogP contribution in [-0.2, 0) is 14.8 Å². The summed E-state index contributed by atoms with van der Waals surface area (Å²) in [5.74, 6) is 0.0593. The van der Waals surface area contributed by atoms with Crippen molar-refractivity contribution in [3.05, 3.63) is 12.7 Å². The fraction of sp³-hybridized carbons (Fsp3) is 0.846. The SMILES string of the molecule is C=CC[C@H](COC)CS(=O)(=O)N[Si](C)(C)C(C)(C)C. The Hall–Kier alpha value is -0.173. The molecule has 0 heterocycles. The van der Waals surface area contributed by atoms with Gasteiger partial charge in [-0.25, -0.2) is 12.8 Å². The third kappa shape index (κ3) is 6.69. The van der Waals surface area contributed by atoms with Gasteiger partial charge in [0.05, 0.1) is 12.4 Å². The summed E-state index contributed by atoms with van der Waals surface area (Å²) in [6, 6.07) is 0. The summed E-state index contributed by atoms with van der Waals surface area (Å²) in [4.78, 5) is 0. The van der Waals surface area contributed by atoms with Gasteiger partial charge in [-0.15, -0.1) is 6.58 Å². The zero-order valence-corrected chi connectivity index (χ0v) is 14.9. The van der Waals surface area contributed by atoms with Gasteiger partial charge in [0, 0.05) is 13.0 Å². The van der Waals surface area contributed by atoms with E-state index >= 15 is 0 Å².